The molecule has 2 nitrogen and oxygen atoms in total. The van der Waals surface area contributed by atoms with E-state index in [9.17, 15) is 4.79 Å². The molecule has 4 rings (SSSR count). The average molecular weight is 384 g/mol. The van der Waals surface area contributed by atoms with Crippen LogP contribution in [0.5, 0.6) is 0 Å². The lowest BCUT2D eigenvalue weighted by atomic mass is 10.1. The van der Waals surface area contributed by atoms with Gasteiger partial charge in [-0.3, -0.25) is 9.69 Å². The van der Waals surface area contributed by atoms with E-state index in [4.69, 9.17) is 0 Å². The van der Waals surface area contributed by atoms with E-state index in [0.29, 0.717) is 5.75 Å². The number of anilines is 1. The summed E-state index contributed by atoms with van der Waals surface area (Å²) in [6.07, 6.45) is 0. The number of carbonyl (C=O) groups excluding carboxylic acids is 1. The van der Waals surface area contributed by atoms with Gasteiger partial charge >= 0.3 is 0 Å². The van der Waals surface area contributed by atoms with Gasteiger partial charge in [-0.15, -0.1) is 11.8 Å². The van der Waals surface area contributed by atoms with E-state index in [1.54, 1.807) is 11.8 Å². The third kappa shape index (κ3) is 2.77. The van der Waals surface area contributed by atoms with Gasteiger partial charge in [0.25, 0.3) is 0 Å². The summed E-state index contributed by atoms with van der Waals surface area (Å²) in [6.45, 7) is 0. The molecule has 1 amide bonds. The van der Waals surface area contributed by atoms with Crippen molar-refractivity contribution < 1.29 is 4.79 Å². The predicted octanol–water partition coefficient (Wildman–Crippen LogP) is 5.38. The quantitative estimate of drug-likeness (QED) is 0.591. The van der Waals surface area contributed by atoms with Crippen molar-refractivity contribution in [3.63, 3.8) is 0 Å². The molecule has 1 saturated heterocycles. The van der Waals surface area contributed by atoms with Gasteiger partial charge in [-0.2, -0.15) is 0 Å². The second-order valence-electron chi connectivity index (χ2n) is 5.51. The summed E-state index contributed by atoms with van der Waals surface area (Å²) in [6, 6.07) is 22.6. The first-order valence-electron chi connectivity index (χ1n) is 7.40. The van der Waals surface area contributed by atoms with Crippen LogP contribution < -0.4 is 4.90 Å². The van der Waals surface area contributed by atoms with Crippen LogP contribution in [-0.2, 0) is 4.79 Å². The Balaban J connectivity index is 1.78. The molecule has 0 saturated carbocycles. The number of hydrogen-bond acceptors (Lipinski definition) is 2. The van der Waals surface area contributed by atoms with Crippen molar-refractivity contribution in [1.29, 1.82) is 0 Å². The fraction of sp³-hybridized carbons (Fsp3) is 0.105. The van der Waals surface area contributed by atoms with Crippen LogP contribution >= 0.6 is 27.7 Å². The van der Waals surface area contributed by atoms with Crippen LogP contribution in [-0.4, -0.2) is 11.7 Å². The normalized spacial score (nSPS) is 17.9. The van der Waals surface area contributed by atoms with Crippen molar-refractivity contribution in [2.45, 2.75) is 5.37 Å². The lowest BCUT2D eigenvalue weighted by molar-refractivity contribution is -0.115. The number of rotatable bonds is 2. The van der Waals surface area contributed by atoms with E-state index in [0.717, 1.165) is 21.1 Å². The SMILES string of the molecule is O=C1CS[C@@H](c2cccc(Br)c2)N1c1ccc2ccccc2c1. The molecule has 3 aromatic carbocycles. The predicted molar refractivity (Wildman–Crippen MR) is 101 cm³/mol. The van der Waals surface area contributed by atoms with Crippen LogP contribution in [0.2, 0.25) is 0 Å². The minimum absolute atomic E-state index is 0.0289. The van der Waals surface area contributed by atoms with Gasteiger partial charge in [0.2, 0.25) is 5.91 Å². The highest BCUT2D eigenvalue weighted by Crippen LogP contribution is 2.42. The molecule has 23 heavy (non-hydrogen) atoms. The van der Waals surface area contributed by atoms with Gasteiger partial charge in [0.15, 0.2) is 0 Å². The Bertz CT molecular complexity index is 895. The van der Waals surface area contributed by atoms with Crippen molar-refractivity contribution in [2.75, 3.05) is 10.7 Å². The summed E-state index contributed by atoms with van der Waals surface area (Å²) in [5, 5.41) is 2.37. The largest absolute Gasteiger partial charge is 0.295 e. The van der Waals surface area contributed by atoms with E-state index in [1.807, 2.05) is 35.2 Å². The molecular formula is C19H14BrNOS. The van der Waals surface area contributed by atoms with E-state index in [-0.39, 0.29) is 11.3 Å². The maximum Gasteiger partial charge on any atom is 0.238 e. The Labute approximate surface area is 147 Å². The monoisotopic (exact) mass is 383 g/mol. The average Bonchev–Trinajstić information content (AvgIpc) is 2.96. The number of halogens is 1. The van der Waals surface area contributed by atoms with Crippen LogP contribution in [0.4, 0.5) is 5.69 Å². The molecule has 0 spiro atoms. The summed E-state index contributed by atoms with van der Waals surface area (Å²) in [5.41, 5.74) is 2.10. The molecule has 1 atom stereocenters. The molecule has 0 aliphatic carbocycles. The number of benzene rings is 3. The van der Waals surface area contributed by atoms with Crippen molar-refractivity contribution in [3.8, 4) is 0 Å². The molecule has 3 aromatic rings. The lowest BCUT2D eigenvalue weighted by Crippen LogP contribution is -2.27. The minimum atomic E-state index is 0.0289. The Kier molecular flexibility index (Phi) is 3.87. The van der Waals surface area contributed by atoms with Gasteiger partial charge < -0.3 is 0 Å². The van der Waals surface area contributed by atoms with Crippen LogP contribution in [0.1, 0.15) is 10.9 Å². The first-order chi connectivity index (χ1) is 11.2. The molecule has 0 radical (unpaired) electrons. The zero-order valence-electron chi connectivity index (χ0n) is 12.3. The maximum atomic E-state index is 12.5. The van der Waals surface area contributed by atoms with Crippen molar-refractivity contribution in [3.05, 3.63) is 76.8 Å². The van der Waals surface area contributed by atoms with Gasteiger partial charge in [-0.1, -0.05) is 58.4 Å². The zero-order valence-corrected chi connectivity index (χ0v) is 14.7. The Morgan fingerprint density at radius 1 is 0.957 bits per heavy atom. The van der Waals surface area contributed by atoms with Gasteiger partial charge in [0.1, 0.15) is 5.37 Å². The van der Waals surface area contributed by atoms with Gasteiger partial charge in [-0.25, -0.2) is 0 Å². The number of amides is 1. The minimum Gasteiger partial charge on any atom is -0.295 e. The molecule has 1 fully saturated rings. The van der Waals surface area contributed by atoms with Gasteiger partial charge in [0.05, 0.1) is 5.75 Å². The maximum absolute atomic E-state index is 12.5. The highest BCUT2D eigenvalue weighted by Gasteiger charge is 2.34. The molecule has 0 unspecified atom stereocenters. The lowest BCUT2D eigenvalue weighted by Gasteiger charge is -2.25. The number of carbonyl (C=O) groups is 1. The fourth-order valence-electron chi connectivity index (χ4n) is 2.94. The number of hydrogen-bond donors (Lipinski definition) is 0. The van der Waals surface area contributed by atoms with Crippen molar-refractivity contribution in [2.24, 2.45) is 0 Å². The molecule has 1 heterocycles. The molecule has 0 N–H and O–H groups in total. The van der Waals surface area contributed by atoms with Crippen LogP contribution in [0, 0.1) is 0 Å². The summed E-state index contributed by atoms with van der Waals surface area (Å²) < 4.78 is 1.04. The number of fused-ring (bicyclic) bond motifs is 1. The van der Waals surface area contributed by atoms with Crippen LogP contribution in [0.25, 0.3) is 10.8 Å². The fourth-order valence-corrected chi connectivity index (χ4v) is 4.52. The summed E-state index contributed by atoms with van der Waals surface area (Å²) in [5.74, 6) is 0.680. The molecule has 1 aliphatic rings. The van der Waals surface area contributed by atoms with Crippen molar-refractivity contribution in [1.82, 2.24) is 0 Å². The number of thioether (sulfide) groups is 1. The summed E-state index contributed by atoms with van der Waals surface area (Å²) >= 11 is 5.20. The van der Waals surface area contributed by atoms with Crippen LogP contribution in [0.15, 0.2) is 71.2 Å². The Morgan fingerprint density at radius 2 is 1.78 bits per heavy atom. The van der Waals surface area contributed by atoms with Crippen LogP contribution in [0.3, 0.4) is 0 Å². The standard InChI is InChI=1S/C19H14BrNOS/c20-16-7-3-6-15(10-16)19-21(18(22)12-23-19)17-9-8-13-4-1-2-5-14(13)11-17/h1-11,19H,12H2/t19-/m0/s1. The van der Waals surface area contributed by atoms with Crippen molar-refractivity contribution >= 4 is 50.1 Å². The number of nitrogens with zero attached hydrogens (tertiary/aromatic N) is 1. The van der Waals surface area contributed by atoms with E-state index < -0.39 is 0 Å². The van der Waals surface area contributed by atoms with E-state index >= 15 is 0 Å². The molecule has 114 valence electrons. The molecule has 1 aliphatic heterocycles. The van der Waals surface area contributed by atoms with Gasteiger partial charge in [-0.05, 0) is 40.6 Å². The first kappa shape index (κ1) is 14.8. The summed E-state index contributed by atoms with van der Waals surface area (Å²) in [7, 11) is 0. The van der Waals surface area contributed by atoms with Gasteiger partial charge in [0, 0.05) is 10.2 Å². The molecule has 4 heteroatoms. The highest BCUT2D eigenvalue weighted by atomic mass is 79.9. The smallest absolute Gasteiger partial charge is 0.238 e. The molecular weight excluding hydrogens is 370 g/mol. The Hall–Kier alpha value is -1.78. The molecule has 0 bridgehead atoms. The first-order valence-corrected chi connectivity index (χ1v) is 9.24. The topological polar surface area (TPSA) is 20.3 Å². The van der Waals surface area contributed by atoms with E-state index in [2.05, 4.69) is 52.3 Å². The summed E-state index contributed by atoms with van der Waals surface area (Å²) in [4.78, 5) is 14.4. The Morgan fingerprint density at radius 3 is 2.61 bits per heavy atom. The zero-order chi connectivity index (χ0) is 15.8. The van der Waals surface area contributed by atoms with E-state index in [1.165, 1.54) is 5.39 Å². The third-order valence-electron chi connectivity index (χ3n) is 4.01. The highest BCUT2D eigenvalue weighted by molar-refractivity contribution is 9.10. The second kappa shape index (κ2) is 6.02. The second-order valence-corrected chi connectivity index (χ2v) is 7.50. The molecule has 0 aromatic heterocycles. The third-order valence-corrected chi connectivity index (χ3v) is 5.72.